The summed E-state index contributed by atoms with van der Waals surface area (Å²) in [6, 6.07) is 1.98. The van der Waals surface area contributed by atoms with Gasteiger partial charge in [0.25, 0.3) is 0 Å². The van der Waals surface area contributed by atoms with Crippen molar-refractivity contribution in [3.63, 3.8) is 0 Å². The molecule has 0 atom stereocenters. The van der Waals surface area contributed by atoms with Crippen LogP contribution in [0.5, 0.6) is 0 Å². The Bertz CT molecular complexity index is 599. The van der Waals surface area contributed by atoms with E-state index in [-0.39, 0.29) is 0 Å². The van der Waals surface area contributed by atoms with Gasteiger partial charge in [-0.25, -0.2) is 9.97 Å². The largest absolute Gasteiger partial charge is 0.383 e. The number of nitrogens with two attached hydrogens (primary N) is 1. The number of nitrogen functional groups attached to an aromatic ring is 1. The van der Waals surface area contributed by atoms with E-state index >= 15 is 0 Å². The van der Waals surface area contributed by atoms with Gasteiger partial charge in [-0.05, 0) is 25.8 Å². The second kappa shape index (κ2) is 4.53. The Kier molecular flexibility index (Phi) is 2.85. The van der Waals surface area contributed by atoms with Crippen LogP contribution in [-0.4, -0.2) is 19.7 Å². The third-order valence-corrected chi connectivity index (χ3v) is 3.50. The average molecular weight is 258 g/mol. The van der Waals surface area contributed by atoms with Crippen LogP contribution in [0.25, 0.3) is 0 Å². The van der Waals surface area contributed by atoms with Crippen molar-refractivity contribution in [2.75, 3.05) is 11.1 Å². The van der Waals surface area contributed by atoms with E-state index in [1.165, 1.54) is 12.8 Å². The van der Waals surface area contributed by atoms with Crippen molar-refractivity contribution >= 4 is 11.6 Å². The first-order valence-electron chi connectivity index (χ1n) is 6.50. The van der Waals surface area contributed by atoms with Crippen molar-refractivity contribution < 1.29 is 0 Å². The molecule has 0 bridgehead atoms. The summed E-state index contributed by atoms with van der Waals surface area (Å²) in [5.41, 5.74) is 7.97. The predicted molar refractivity (Wildman–Crippen MR) is 73.7 cm³/mol. The summed E-state index contributed by atoms with van der Waals surface area (Å²) in [7, 11) is 1.92. The van der Waals surface area contributed by atoms with Gasteiger partial charge in [0.05, 0.1) is 12.2 Å². The summed E-state index contributed by atoms with van der Waals surface area (Å²) in [5.74, 6) is 2.77. The lowest BCUT2D eigenvalue weighted by atomic mass is 10.2. The zero-order valence-corrected chi connectivity index (χ0v) is 11.2. The van der Waals surface area contributed by atoms with Crippen molar-refractivity contribution in [2.45, 2.75) is 32.2 Å². The molecule has 19 heavy (non-hydrogen) atoms. The Morgan fingerprint density at radius 3 is 2.84 bits per heavy atom. The molecular weight excluding hydrogens is 240 g/mol. The van der Waals surface area contributed by atoms with Crippen LogP contribution in [0.3, 0.4) is 0 Å². The number of hydrogen-bond donors (Lipinski definition) is 2. The summed E-state index contributed by atoms with van der Waals surface area (Å²) in [6.45, 7) is 2.62. The van der Waals surface area contributed by atoms with Gasteiger partial charge in [-0.15, -0.1) is 0 Å². The molecule has 0 radical (unpaired) electrons. The Morgan fingerprint density at radius 1 is 1.42 bits per heavy atom. The maximum Gasteiger partial charge on any atom is 0.136 e. The van der Waals surface area contributed by atoms with Gasteiger partial charge in [0.15, 0.2) is 0 Å². The van der Waals surface area contributed by atoms with Crippen LogP contribution in [0.4, 0.5) is 11.6 Å². The third kappa shape index (κ3) is 2.38. The lowest BCUT2D eigenvalue weighted by Crippen LogP contribution is -2.11. The molecule has 2 aromatic rings. The summed E-state index contributed by atoms with van der Waals surface area (Å²) in [5, 5.41) is 7.47. The number of nitrogens with zero attached hydrogens (tertiary/aromatic N) is 4. The van der Waals surface area contributed by atoms with E-state index in [9.17, 15) is 0 Å². The lowest BCUT2D eigenvalue weighted by molar-refractivity contribution is 0.719. The maximum absolute atomic E-state index is 5.96. The number of aryl methyl sites for hydroxylation is 1. The minimum Gasteiger partial charge on any atom is -0.383 e. The highest BCUT2D eigenvalue weighted by Gasteiger charge is 2.27. The van der Waals surface area contributed by atoms with Crippen LogP contribution >= 0.6 is 0 Å². The van der Waals surface area contributed by atoms with Gasteiger partial charge in [0, 0.05) is 24.7 Å². The summed E-state index contributed by atoms with van der Waals surface area (Å²) < 4.78 is 1.84. The van der Waals surface area contributed by atoms with E-state index in [1.807, 2.05) is 24.7 Å². The highest BCUT2D eigenvalue weighted by molar-refractivity contribution is 5.55. The molecule has 0 saturated heterocycles. The summed E-state index contributed by atoms with van der Waals surface area (Å²) in [4.78, 5) is 8.96. The summed E-state index contributed by atoms with van der Waals surface area (Å²) in [6.07, 6.45) is 4.13. The Hall–Kier alpha value is -2.11. The molecule has 3 N–H and O–H groups in total. The van der Waals surface area contributed by atoms with Crippen LogP contribution in [0.15, 0.2) is 12.3 Å². The van der Waals surface area contributed by atoms with Crippen molar-refractivity contribution in [3.05, 3.63) is 29.3 Å². The van der Waals surface area contributed by atoms with Crippen molar-refractivity contribution in [1.82, 2.24) is 19.7 Å². The fourth-order valence-corrected chi connectivity index (χ4v) is 2.00. The van der Waals surface area contributed by atoms with Gasteiger partial charge >= 0.3 is 0 Å². The quantitative estimate of drug-likeness (QED) is 0.870. The molecule has 1 aliphatic rings. The molecule has 100 valence electrons. The molecule has 6 nitrogen and oxygen atoms in total. The second-order valence-corrected chi connectivity index (χ2v) is 5.01. The molecule has 1 aliphatic carbocycles. The van der Waals surface area contributed by atoms with Crippen molar-refractivity contribution in [2.24, 2.45) is 7.05 Å². The first-order valence-corrected chi connectivity index (χ1v) is 6.50. The first-order chi connectivity index (χ1) is 9.15. The minimum atomic E-state index is 0.500. The fraction of sp³-hybridized carbons (Fsp3) is 0.462. The van der Waals surface area contributed by atoms with E-state index in [0.29, 0.717) is 18.3 Å². The Balaban J connectivity index is 1.81. The normalized spacial score (nSPS) is 14.6. The predicted octanol–water partition coefficient (Wildman–Crippen LogP) is 1.59. The summed E-state index contributed by atoms with van der Waals surface area (Å²) >= 11 is 0. The monoisotopic (exact) mass is 258 g/mol. The molecule has 0 aliphatic heterocycles. The third-order valence-electron chi connectivity index (χ3n) is 3.50. The fourth-order valence-electron chi connectivity index (χ4n) is 2.00. The topological polar surface area (TPSA) is 81.7 Å². The number of hydrogen-bond acceptors (Lipinski definition) is 5. The van der Waals surface area contributed by atoms with E-state index in [1.54, 1.807) is 6.20 Å². The van der Waals surface area contributed by atoms with Gasteiger partial charge in [-0.2, -0.15) is 5.10 Å². The van der Waals surface area contributed by atoms with Crippen LogP contribution in [0, 0.1) is 6.92 Å². The standard InChI is InChI=1S/C13H18N6/c1-8-11(14)17-13(9-3-4-9)18-12(8)15-7-10-5-6-16-19(10)2/h5-6,9H,3-4,7H2,1-2H3,(H3,14,15,17,18). The zero-order valence-electron chi connectivity index (χ0n) is 11.2. The Morgan fingerprint density at radius 2 is 2.21 bits per heavy atom. The molecule has 3 rings (SSSR count). The SMILES string of the molecule is Cc1c(N)nc(C2CC2)nc1NCc1ccnn1C. The molecule has 0 spiro atoms. The van der Waals surface area contributed by atoms with E-state index < -0.39 is 0 Å². The van der Waals surface area contributed by atoms with Crippen LogP contribution < -0.4 is 11.1 Å². The molecule has 0 amide bonds. The Labute approximate surface area is 112 Å². The average Bonchev–Trinajstić information content (AvgIpc) is 3.15. The smallest absolute Gasteiger partial charge is 0.136 e. The number of anilines is 2. The van der Waals surface area contributed by atoms with Crippen LogP contribution in [-0.2, 0) is 13.6 Å². The number of nitrogens with one attached hydrogen (secondary N) is 1. The van der Waals surface area contributed by atoms with E-state index in [4.69, 9.17) is 5.73 Å². The molecule has 1 saturated carbocycles. The first kappa shape index (κ1) is 12.0. The van der Waals surface area contributed by atoms with Crippen LogP contribution in [0.1, 0.15) is 35.8 Å². The van der Waals surface area contributed by atoms with Crippen molar-refractivity contribution in [1.29, 1.82) is 0 Å². The second-order valence-electron chi connectivity index (χ2n) is 5.01. The van der Waals surface area contributed by atoms with E-state index in [2.05, 4.69) is 20.4 Å². The zero-order chi connectivity index (χ0) is 13.4. The molecule has 2 heterocycles. The molecule has 0 unspecified atom stereocenters. The number of rotatable bonds is 4. The molecule has 1 fully saturated rings. The van der Waals surface area contributed by atoms with Gasteiger partial charge in [0.1, 0.15) is 17.5 Å². The van der Waals surface area contributed by atoms with Crippen LogP contribution in [0.2, 0.25) is 0 Å². The molecular formula is C13H18N6. The van der Waals surface area contributed by atoms with Crippen molar-refractivity contribution in [3.8, 4) is 0 Å². The van der Waals surface area contributed by atoms with Gasteiger partial charge in [-0.1, -0.05) is 0 Å². The highest BCUT2D eigenvalue weighted by atomic mass is 15.3. The number of aromatic nitrogens is 4. The van der Waals surface area contributed by atoms with Gasteiger partial charge in [0.2, 0.25) is 0 Å². The lowest BCUT2D eigenvalue weighted by Gasteiger charge is -2.12. The molecule has 0 aromatic carbocycles. The van der Waals surface area contributed by atoms with Gasteiger partial charge in [-0.3, -0.25) is 4.68 Å². The highest BCUT2D eigenvalue weighted by Crippen LogP contribution is 2.39. The molecule has 6 heteroatoms. The van der Waals surface area contributed by atoms with Gasteiger partial charge < -0.3 is 11.1 Å². The maximum atomic E-state index is 5.96. The molecule has 2 aromatic heterocycles. The van der Waals surface area contributed by atoms with E-state index in [0.717, 1.165) is 22.9 Å². The minimum absolute atomic E-state index is 0.500.